The van der Waals surface area contributed by atoms with E-state index in [1.54, 1.807) is 12.1 Å². The molecule has 0 aliphatic heterocycles. The smallest absolute Gasteiger partial charge is 0.336 e. The van der Waals surface area contributed by atoms with E-state index in [0.29, 0.717) is 10.8 Å². The molecule has 0 saturated heterocycles. The third kappa shape index (κ3) is 2.17. The second-order valence-electron chi connectivity index (χ2n) is 6.39. The average Bonchev–Trinajstić information content (AvgIpc) is 2.64. The molecule has 132 valence electrons. The van der Waals surface area contributed by atoms with Crippen molar-refractivity contribution in [2.24, 2.45) is 0 Å². The Morgan fingerprint density at radius 1 is 0.519 bits per heavy atom. The number of carboxylic acids is 2. The van der Waals surface area contributed by atoms with Crippen LogP contribution in [0.5, 0.6) is 0 Å². The molecule has 4 nitrogen and oxygen atoms in total. The average molecular weight is 377 g/mol. The first kappa shape index (κ1) is 17.1. The quantitative estimate of drug-likeness (QED) is 0.312. The van der Waals surface area contributed by atoms with Gasteiger partial charge in [0.25, 0.3) is 0 Å². The summed E-state index contributed by atoms with van der Waals surface area (Å²) in [4.78, 5) is 23.3. The minimum atomic E-state index is -0.959. The van der Waals surface area contributed by atoms with Crippen molar-refractivity contribution < 1.29 is 19.8 Å². The zero-order valence-corrected chi connectivity index (χ0v) is 14.7. The van der Waals surface area contributed by atoms with Gasteiger partial charge in [-0.1, -0.05) is 48.5 Å². The lowest BCUT2D eigenvalue weighted by Gasteiger charge is -2.16. The van der Waals surface area contributed by atoms with Crippen LogP contribution in [0.15, 0.2) is 60.7 Å². The molecule has 0 saturated carbocycles. The lowest BCUT2D eigenvalue weighted by atomic mass is 9.87. The normalized spacial score (nSPS) is 11.3. The molecule has 5 aromatic carbocycles. The number of hydrogen-bond donors (Lipinski definition) is 2. The van der Waals surface area contributed by atoms with Crippen LogP contribution in [0.4, 0.5) is 0 Å². The van der Waals surface area contributed by atoms with Crippen LogP contribution in [0.1, 0.15) is 20.7 Å². The van der Waals surface area contributed by atoms with Crippen LogP contribution >= 0.6 is 12.4 Å². The minimum Gasteiger partial charge on any atom is -0.478 e. The molecule has 5 heteroatoms. The minimum absolute atomic E-state index is 0. The van der Waals surface area contributed by atoms with E-state index in [2.05, 4.69) is 0 Å². The van der Waals surface area contributed by atoms with E-state index in [1.807, 2.05) is 48.5 Å². The molecular formula is C22H13ClO4. The maximum absolute atomic E-state index is 11.6. The predicted molar refractivity (Wildman–Crippen MR) is 109 cm³/mol. The highest BCUT2D eigenvalue weighted by Crippen LogP contribution is 2.41. The third-order valence-corrected chi connectivity index (χ3v) is 5.12. The van der Waals surface area contributed by atoms with Crippen LogP contribution in [-0.2, 0) is 0 Å². The highest BCUT2D eigenvalue weighted by Gasteiger charge is 2.18. The van der Waals surface area contributed by atoms with E-state index >= 15 is 0 Å². The van der Waals surface area contributed by atoms with Gasteiger partial charge in [0.1, 0.15) is 0 Å². The number of benzene rings is 5. The molecule has 0 radical (unpaired) electrons. The molecule has 0 atom stereocenters. The van der Waals surface area contributed by atoms with Crippen molar-refractivity contribution in [3.05, 3.63) is 71.8 Å². The van der Waals surface area contributed by atoms with Crippen molar-refractivity contribution in [1.29, 1.82) is 0 Å². The summed E-state index contributed by atoms with van der Waals surface area (Å²) in [5, 5.41) is 26.0. The summed E-state index contributed by atoms with van der Waals surface area (Å²) in [6.07, 6.45) is 0. The highest BCUT2D eigenvalue weighted by atomic mass is 35.5. The summed E-state index contributed by atoms with van der Waals surface area (Å²) >= 11 is 0. The number of hydrogen-bond acceptors (Lipinski definition) is 2. The Morgan fingerprint density at radius 2 is 0.852 bits per heavy atom. The fourth-order valence-electron chi connectivity index (χ4n) is 4.08. The van der Waals surface area contributed by atoms with Gasteiger partial charge in [-0.2, -0.15) is 0 Å². The van der Waals surface area contributed by atoms with Crippen LogP contribution in [-0.4, -0.2) is 22.2 Å². The molecule has 5 aromatic rings. The Labute approximate surface area is 159 Å². The van der Waals surface area contributed by atoms with Crippen molar-refractivity contribution in [2.75, 3.05) is 0 Å². The van der Waals surface area contributed by atoms with Gasteiger partial charge in [-0.15, -0.1) is 12.4 Å². The summed E-state index contributed by atoms with van der Waals surface area (Å²) in [6.45, 7) is 0. The van der Waals surface area contributed by atoms with E-state index in [9.17, 15) is 19.8 Å². The van der Waals surface area contributed by atoms with Crippen LogP contribution in [0.3, 0.4) is 0 Å². The Kier molecular flexibility index (Phi) is 3.68. The first-order chi connectivity index (χ1) is 12.6. The molecule has 0 bridgehead atoms. The fraction of sp³-hybridized carbons (Fsp3) is 0. The van der Waals surface area contributed by atoms with Gasteiger partial charge in [-0.3, -0.25) is 0 Å². The molecule has 0 spiro atoms. The Bertz CT molecular complexity index is 1260. The van der Waals surface area contributed by atoms with Gasteiger partial charge in [0.15, 0.2) is 0 Å². The van der Waals surface area contributed by atoms with Gasteiger partial charge in [0.05, 0.1) is 11.1 Å². The number of carbonyl (C=O) groups is 2. The lowest BCUT2D eigenvalue weighted by molar-refractivity contribution is 0.0688. The molecule has 27 heavy (non-hydrogen) atoms. The number of rotatable bonds is 2. The topological polar surface area (TPSA) is 74.6 Å². The van der Waals surface area contributed by atoms with Gasteiger partial charge in [0.2, 0.25) is 0 Å². The fourth-order valence-corrected chi connectivity index (χ4v) is 4.08. The Morgan fingerprint density at radius 3 is 1.22 bits per heavy atom. The summed E-state index contributed by atoms with van der Waals surface area (Å²) in [6, 6.07) is 18.1. The molecule has 2 N–H and O–H groups in total. The SMILES string of the molecule is Cl.O=C(O)c1ccc2c3cccc4c(C(=O)O)ccc(c5cccc1c52)c43. The summed E-state index contributed by atoms with van der Waals surface area (Å²) in [5.74, 6) is -1.92. The van der Waals surface area contributed by atoms with Crippen LogP contribution in [0.25, 0.3) is 43.1 Å². The van der Waals surface area contributed by atoms with E-state index in [1.165, 1.54) is 0 Å². The zero-order valence-electron chi connectivity index (χ0n) is 13.9. The Balaban J connectivity index is 0.00000180. The first-order valence-electron chi connectivity index (χ1n) is 8.16. The summed E-state index contributed by atoms with van der Waals surface area (Å²) in [5.41, 5.74) is 0.534. The van der Waals surface area contributed by atoms with Crippen molar-refractivity contribution >= 4 is 67.4 Å². The largest absolute Gasteiger partial charge is 0.478 e. The van der Waals surface area contributed by atoms with Crippen LogP contribution in [0, 0.1) is 0 Å². The maximum atomic E-state index is 11.6. The van der Waals surface area contributed by atoms with E-state index in [4.69, 9.17) is 0 Å². The Hall–Kier alpha value is -3.37. The van der Waals surface area contributed by atoms with Crippen LogP contribution < -0.4 is 0 Å². The lowest BCUT2D eigenvalue weighted by Crippen LogP contribution is -2.00. The number of aromatic carboxylic acids is 2. The standard InChI is InChI=1S/C22H12O4.ClH/c23-21(24)17-9-8-16-12-4-2-6-14-18(22(25)26)10-7-15(20(12)14)11-3-1-5-13(17)19(11)16;/h1-10H,(H,23,24)(H,25,26);1H. The van der Waals surface area contributed by atoms with E-state index in [0.717, 1.165) is 32.3 Å². The number of fused-ring (bicyclic) bond motifs is 2. The molecule has 0 unspecified atom stereocenters. The van der Waals surface area contributed by atoms with Gasteiger partial charge in [-0.25, -0.2) is 9.59 Å². The monoisotopic (exact) mass is 376 g/mol. The second kappa shape index (κ2) is 5.83. The first-order valence-corrected chi connectivity index (χ1v) is 8.16. The molecule has 0 heterocycles. The molecule has 0 aliphatic rings. The molecule has 5 rings (SSSR count). The molecule has 0 aliphatic carbocycles. The van der Waals surface area contributed by atoms with Gasteiger partial charge in [0, 0.05) is 0 Å². The van der Waals surface area contributed by atoms with E-state index in [-0.39, 0.29) is 23.5 Å². The number of carboxylic acid groups (broad SMARTS) is 2. The van der Waals surface area contributed by atoms with Crippen molar-refractivity contribution in [1.82, 2.24) is 0 Å². The molecule has 0 fully saturated rings. The molecular weight excluding hydrogens is 364 g/mol. The van der Waals surface area contributed by atoms with Gasteiger partial charge in [-0.05, 0) is 55.2 Å². The van der Waals surface area contributed by atoms with Gasteiger partial charge < -0.3 is 10.2 Å². The summed E-state index contributed by atoms with van der Waals surface area (Å²) < 4.78 is 0. The molecule has 0 amide bonds. The second-order valence-corrected chi connectivity index (χ2v) is 6.39. The van der Waals surface area contributed by atoms with Crippen molar-refractivity contribution in [3.8, 4) is 0 Å². The van der Waals surface area contributed by atoms with Crippen molar-refractivity contribution in [3.63, 3.8) is 0 Å². The third-order valence-electron chi connectivity index (χ3n) is 5.12. The zero-order chi connectivity index (χ0) is 18.0. The van der Waals surface area contributed by atoms with Crippen LogP contribution in [0.2, 0.25) is 0 Å². The maximum Gasteiger partial charge on any atom is 0.336 e. The molecule has 0 aromatic heterocycles. The predicted octanol–water partition coefficient (Wildman–Crippen LogP) is 5.56. The highest BCUT2D eigenvalue weighted by molar-refractivity contribution is 6.35. The number of halogens is 1. The van der Waals surface area contributed by atoms with E-state index < -0.39 is 11.9 Å². The summed E-state index contributed by atoms with van der Waals surface area (Å²) in [7, 11) is 0. The van der Waals surface area contributed by atoms with Gasteiger partial charge >= 0.3 is 11.9 Å². The van der Waals surface area contributed by atoms with Crippen molar-refractivity contribution in [2.45, 2.75) is 0 Å².